The number of hydrogen-bond acceptors (Lipinski definition) is 2. The second-order valence-electron chi connectivity index (χ2n) is 5.31. The van der Waals surface area contributed by atoms with E-state index < -0.39 is 0 Å². The molecule has 1 aliphatic rings. The van der Waals surface area contributed by atoms with E-state index in [0.29, 0.717) is 10.8 Å². The minimum atomic E-state index is 0.431. The van der Waals surface area contributed by atoms with Crippen LogP contribution in [0.2, 0.25) is 0 Å². The molecule has 0 N–H and O–H groups in total. The summed E-state index contributed by atoms with van der Waals surface area (Å²) in [4.78, 5) is 2.46. The van der Waals surface area contributed by atoms with Crippen molar-refractivity contribution in [3.05, 3.63) is 0 Å². The molecule has 0 aromatic heterocycles. The number of nitrogens with zero attached hydrogens (tertiary/aromatic N) is 1. The zero-order valence-corrected chi connectivity index (χ0v) is 10.3. The second kappa shape index (κ2) is 4.22. The molecule has 1 aliphatic heterocycles. The van der Waals surface area contributed by atoms with Crippen molar-refractivity contribution < 1.29 is 0 Å². The molecule has 1 atom stereocenters. The van der Waals surface area contributed by atoms with Crippen LogP contribution in [-0.2, 0) is 0 Å². The maximum Gasteiger partial charge on any atom is 0.0499 e. The first-order valence-corrected chi connectivity index (χ1v) is 5.85. The molecule has 1 saturated heterocycles. The van der Waals surface area contributed by atoms with Gasteiger partial charge < -0.3 is 0 Å². The first-order chi connectivity index (χ1) is 5.91. The van der Waals surface area contributed by atoms with E-state index in [2.05, 4.69) is 45.2 Å². The smallest absolute Gasteiger partial charge is 0.0499 e. The molecule has 0 radical (unpaired) electrons. The SMILES string of the molecule is CC(S)N1CCC(C(C)(C)C)CC1. The lowest BCUT2D eigenvalue weighted by molar-refractivity contribution is 0.109. The van der Waals surface area contributed by atoms with Gasteiger partial charge in [0.05, 0.1) is 0 Å². The monoisotopic (exact) mass is 201 g/mol. The van der Waals surface area contributed by atoms with Gasteiger partial charge in [-0.2, -0.15) is 12.6 Å². The van der Waals surface area contributed by atoms with Crippen molar-refractivity contribution in [3.8, 4) is 0 Å². The average Bonchev–Trinajstić information content (AvgIpc) is 2.03. The van der Waals surface area contributed by atoms with E-state index in [1.807, 2.05) is 0 Å². The van der Waals surface area contributed by atoms with Crippen LogP contribution in [0, 0.1) is 11.3 Å². The van der Waals surface area contributed by atoms with Gasteiger partial charge in [0.2, 0.25) is 0 Å². The summed E-state index contributed by atoms with van der Waals surface area (Å²) in [5.41, 5.74) is 0.492. The third-order valence-electron chi connectivity index (χ3n) is 3.28. The second-order valence-corrected chi connectivity index (χ2v) is 6.06. The largest absolute Gasteiger partial charge is 0.292 e. The van der Waals surface area contributed by atoms with E-state index in [1.165, 1.54) is 25.9 Å². The van der Waals surface area contributed by atoms with E-state index >= 15 is 0 Å². The molecular formula is C11H23NS. The third kappa shape index (κ3) is 3.17. The van der Waals surface area contributed by atoms with Crippen LogP contribution in [0.4, 0.5) is 0 Å². The molecule has 13 heavy (non-hydrogen) atoms. The van der Waals surface area contributed by atoms with Crippen molar-refractivity contribution in [2.45, 2.75) is 45.9 Å². The van der Waals surface area contributed by atoms with E-state index in [1.54, 1.807) is 0 Å². The van der Waals surface area contributed by atoms with Crippen molar-refractivity contribution in [2.24, 2.45) is 11.3 Å². The van der Waals surface area contributed by atoms with Crippen LogP contribution in [0.1, 0.15) is 40.5 Å². The first kappa shape index (κ1) is 11.4. The average molecular weight is 201 g/mol. The van der Waals surface area contributed by atoms with Crippen molar-refractivity contribution >= 4 is 12.6 Å². The molecule has 0 spiro atoms. The van der Waals surface area contributed by atoms with E-state index in [4.69, 9.17) is 0 Å². The molecule has 1 nitrogen and oxygen atoms in total. The molecule has 0 bridgehead atoms. The highest BCUT2D eigenvalue weighted by molar-refractivity contribution is 7.80. The molecule has 1 fully saturated rings. The third-order valence-corrected chi connectivity index (χ3v) is 3.61. The van der Waals surface area contributed by atoms with E-state index in [-0.39, 0.29) is 0 Å². The number of hydrogen-bond donors (Lipinski definition) is 1. The minimum absolute atomic E-state index is 0.431. The summed E-state index contributed by atoms with van der Waals surface area (Å²) in [7, 11) is 0. The van der Waals surface area contributed by atoms with Gasteiger partial charge in [0.25, 0.3) is 0 Å². The van der Waals surface area contributed by atoms with Crippen LogP contribution in [0.3, 0.4) is 0 Å². The fourth-order valence-electron chi connectivity index (χ4n) is 2.14. The standard InChI is InChI=1S/C11H23NS/c1-9(13)12-7-5-10(6-8-12)11(2,3)4/h9-10,13H,5-8H2,1-4H3. The number of thiol groups is 1. The van der Waals surface area contributed by atoms with Crippen molar-refractivity contribution in [3.63, 3.8) is 0 Å². The van der Waals surface area contributed by atoms with Gasteiger partial charge in [0.1, 0.15) is 0 Å². The molecule has 1 heterocycles. The van der Waals surface area contributed by atoms with Gasteiger partial charge in [0, 0.05) is 5.37 Å². The highest BCUT2D eigenvalue weighted by Crippen LogP contribution is 2.34. The fraction of sp³-hybridized carbons (Fsp3) is 1.00. The summed E-state index contributed by atoms with van der Waals surface area (Å²) in [5, 5.41) is 0.431. The molecule has 78 valence electrons. The van der Waals surface area contributed by atoms with Gasteiger partial charge in [-0.25, -0.2) is 0 Å². The van der Waals surface area contributed by atoms with E-state index in [0.717, 1.165) is 5.92 Å². The Balaban J connectivity index is 2.39. The lowest BCUT2D eigenvalue weighted by Gasteiger charge is -2.40. The molecule has 2 heteroatoms. The van der Waals surface area contributed by atoms with Crippen LogP contribution in [0.5, 0.6) is 0 Å². The minimum Gasteiger partial charge on any atom is -0.292 e. The zero-order valence-electron chi connectivity index (χ0n) is 9.38. The summed E-state index contributed by atoms with van der Waals surface area (Å²) < 4.78 is 0. The van der Waals surface area contributed by atoms with Crippen LogP contribution < -0.4 is 0 Å². The summed E-state index contributed by atoms with van der Waals surface area (Å²) in [5.74, 6) is 0.899. The van der Waals surface area contributed by atoms with E-state index in [9.17, 15) is 0 Å². The van der Waals surface area contributed by atoms with Gasteiger partial charge >= 0.3 is 0 Å². The summed E-state index contributed by atoms with van der Waals surface area (Å²) in [6.45, 7) is 11.7. The lowest BCUT2D eigenvalue weighted by Crippen LogP contribution is -2.40. The Morgan fingerprint density at radius 1 is 1.23 bits per heavy atom. The summed E-state index contributed by atoms with van der Waals surface area (Å²) in [6.07, 6.45) is 2.68. The van der Waals surface area contributed by atoms with Crippen LogP contribution in [0.25, 0.3) is 0 Å². The Morgan fingerprint density at radius 2 is 1.69 bits per heavy atom. The van der Waals surface area contributed by atoms with Crippen LogP contribution in [-0.4, -0.2) is 23.4 Å². The summed E-state index contributed by atoms with van der Waals surface area (Å²) in [6, 6.07) is 0. The maximum atomic E-state index is 4.47. The van der Waals surface area contributed by atoms with Crippen molar-refractivity contribution in [1.29, 1.82) is 0 Å². The highest BCUT2D eigenvalue weighted by Gasteiger charge is 2.29. The van der Waals surface area contributed by atoms with Crippen LogP contribution in [0.15, 0.2) is 0 Å². The Bertz CT molecular complexity index is 152. The Labute approximate surface area is 88.3 Å². The molecule has 1 rings (SSSR count). The molecular weight excluding hydrogens is 178 g/mol. The predicted molar refractivity (Wildman–Crippen MR) is 62.2 cm³/mol. The van der Waals surface area contributed by atoms with Gasteiger partial charge in [-0.3, -0.25) is 4.90 Å². The molecule has 0 aromatic rings. The zero-order chi connectivity index (χ0) is 10.1. The Hall–Kier alpha value is 0.310. The van der Waals surface area contributed by atoms with Gasteiger partial charge in [-0.1, -0.05) is 20.8 Å². The van der Waals surface area contributed by atoms with Gasteiger partial charge in [-0.05, 0) is 44.2 Å². The summed E-state index contributed by atoms with van der Waals surface area (Å²) >= 11 is 4.47. The molecule has 1 unspecified atom stereocenters. The normalized spacial score (nSPS) is 24.7. The Kier molecular flexibility index (Phi) is 3.70. The van der Waals surface area contributed by atoms with Crippen LogP contribution >= 0.6 is 12.6 Å². The maximum absolute atomic E-state index is 4.47. The Morgan fingerprint density at radius 3 is 2.00 bits per heavy atom. The molecule has 0 amide bonds. The van der Waals surface area contributed by atoms with Crippen molar-refractivity contribution in [2.75, 3.05) is 13.1 Å². The predicted octanol–water partition coefficient (Wildman–Crippen LogP) is 3.02. The number of piperidine rings is 1. The highest BCUT2D eigenvalue weighted by atomic mass is 32.1. The molecule has 0 aromatic carbocycles. The van der Waals surface area contributed by atoms with Gasteiger partial charge in [-0.15, -0.1) is 0 Å². The van der Waals surface area contributed by atoms with Gasteiger partial charge in [0.15, 0.2) is 0 Å². The first-order valence-electron chi connectivity index (χ1n) is 5.33. The molecule has 0 saturated carbocycles. The topological polar surface area (TPSA) is 3.24 Å². The molecule has 0 aliphatic carbocycles. The number of likely N-dealkylation sites (tertiary alicyclic amines) is 1. The lowest BCUT2D eigenvalue weighted by atomic mass is 9.75. The number of rotatable bonds is 1. The fourth-order valence-corrected chi connectivity index (χ4v) is 2.37. The van der Waals surface area contributed by atoms with Crippen molar-refractivity contribution in [1.82, 2.24) is 4.90 Å². The quantitative estimate of drug-likeness (QED) is 0.638.